The van der Waals surface area contributed by atoms with E-state index in [9.17, 15) is 10.2 Å². The summed E-state index contributed by atoms with van der Waals surface area (Å²) >= 11 is 0. The highest BCUT2D eigenvalue weighted by Crippen LogP contribution is 2.22. The van der Waals surface area contributed by atoms with Gasteiger partial charge in [0.15, 0.2) is 0 Å². The smallest absolute Gasteiger partial charge is 0.0519 e. The summed E-state index contributed by atoms with van der Waals surface area (Å²) in [6.07, 6.45) is 5.12. The summed E-state index contributed by atoms with van der Waals surface area (Å²) in [4.78, 5) is 2.42. The molecule has 1 fully saturated rings. The predicted molar refractivity (Wildman–Crippen MR) is 61.8 cm³/mol. The molecule has 0 amide bonds. The Bertz CT molecular complexity index is 180. The summed E-state index contributed by atoms with van der Waals surface area (Å²) in [7, 11) is 0. The van der Waals surface area contributed by atoms with Crippen LogP contribution in [-0.2, 0) is 0 Å². The van der Waals surface area contributed by atoms with E-state index < -0.39 is 0 Å². The van der Waals surface area contributed by atoms with Crippen LogP contribution in [0.25, 0.3) is 0 Å². The number of likely N-dealkylation sites (tertiary alicyclic amines) is 1. The lowest BCUT2D eigenvalue weighted by Crippen LogP contribution is -2.44. The van der Waals surface area contributed by atoms with Gasteiger partial charge in [-0.25, -0.2) is 0 Å². The van der Waals surface area contributed by atoms with Crippen LogP contribution in [0.5, 0.6) is 0 Å². The lowest BCUT2D eigenvalue weighted by molar-refractivity contribution is 0.0249. The zero-order valence-electron chi connectivity index (χ0n) is 10.1. The number of aliphatic hydroxyl groups excluding tert-OH is 2. The van der Waals surface area contributed by atoms with Crippen molar-refractivity contribution >= 4 is 0 Å². The van der Waals surface area contributed by atoms with Crippen molar-refractivity contribution in [2.24, 2.45) is 5.41 Å². The fourth-order valence-corrected chi connectivity index (χ4v) is 2.21. The lowest BCUT2D eigenvalue weighted by Gasteiger charge is -2.35. The van der Waals surface area contributed by atoms with Crippen molar-refractivity contribution in [2.45, 2.75) is 45.6 Å². The van der Waals surface area contributed by atoms with E-state index in [0.717, 1.165) is 13.1 Å². The lowest BCUT2D eigenvalue weighted by atomic mass is 9.91. The highest BCUT2D eigenvalue weighted by Gasteiger charge is 2.28. The van der Waals surface area contributed by atoms with Crippen molar-refractivity contribution in [3.63, 3.8) is 0 Å². The Hall–Kier alpha value is -0.120. The van der Waals surface area contributed by atoms with Gasteiger partial charge in [0.2, 0.25) is 0 Å². The van der Waals surface area contributed by atoms with E-state index in [4.69, 9.17) is 0 Å². The number of aliphatic hydroxyl groups is 2. The largest absolute Gasteiger partial charge is 0.396 e. The van der Waals surface area contributed by atoms with Crippen molar-refractivity contribution in [2.75, 3.05) is 26.3 Å². The number of hydrogen-bond donors (Lipinski definition) is 2. The molecule has 1 atom stereocenters. The quantitative estimate of drug-likeness (QED) is 0.741. The Morgan fingerprint density at radius 2 is 1.87 bits per heavy atom. The topological polar surface area (TPSA) is 43.7 Å². The minimum Gasteiger partial charge on any atom is -0.396 e. The van der Waals surface area contributed by atoms with Crippen molar-refractivity contribution in [3.8, 4) is 0 Å². The second-order valence-corrected chi connectivity index (χ2v) is 5.30. The summed E-state index contributed by atoms with van der Waals surface area (Å²) in [5.41, 5.74) is -0.349. The van der Waals surface area contributed by atoms with E-state index in [1.165, 1.54) is 25.7 Å². The van der Waals surface area contributed by atoms with Gasteiger partial charge in [-0.15, -0.1) is 0 Å². The molecule has 0 aromatic rings. The van der Waals surface area contributed by atoms with Crippen molar-refractivity contribution in [1.29, 1.82) is 0 Å². The first-order valence-corrected chi connectivity index (χ1v) is 6.07. The van der Waals surface area contributed by atoms with Crippen LogP contribution in [0.2, 0.25) is 0 Å². The first-order chi connectivity index (χ1) is 7.11. The van der Waals surface area contributed by atoms with E-state index in [1.54, 1.807) is 0 Å². The fraction of sp³-hybridized carbons (Fsp3) is 1.00. The van der Waals surface area contributed by atoms with Crippen LogP contribution in [0.1, 0.15) is 39.5 Å². The van der Waals surface area contributed by atoms with Crippen LogP contribution in [0.15, 0.2) is 0 Å². The fourth-order valence-electron chi connectivity index (χ4n) is 2.21. The first-order valence-electron chi connectivity index (χ1n) is 6.07. The molecule has 1 heterocycles. The van der Waals surface area contributed by atoms with E-state index in [0.29, 0.717) is 6.04 Å². The number of rotatable bonds is 4. The Morgan fingerprint density at radius 3 is 2.47 bits per heavy atom. The summed E-state index contributed by atoms with van der Waals surface area (Å²) in [6, 6.07) is 0.588. The third-order valence-electron chi connectivity index (χ3n) is 3.54. The maximum Gasteiger partial charge on any atom is 0.0519 e. The Balaban J connectivity index is 2.53. The molecule has 2 N–H and O–H groups in total. The molecule has 1 aliphatic heterocycles. The maximum absolute atomic E-state index is 9.29. The standard InChI is InChI=1S/C12H25NO2/c1-11-6-4-3-5-7-13(11)8-12(2,9-14)10-15/h11,14-15H,3-10H2,1-2H3. The van der Waals surface area contributed by atoms with E-state index in [1.807, 2.05) is 6.92 Å². The molecule has 90 valence electrons. The Morgan fingerprint density at radius 1 is 1.20 bits per heavy atom. The van der Waals surface area contributed by atoms with Crippen molar-refractivity contribution in [1.82, 2.24) is 4.90 Å². The number of nitrogens with zero attached hydrogens (tertiary/aromatic N) is 1. The zero-order chi connectivity index (χ0) is 11.3. The Kier molecular flexibility index (Phi) is 5.03. The van der Waals surface area contributed by atoms with Crippen LogP contribution in [0, 0.1) is 5.41 Å². The summed E-state index contributed by atoms with van der Waals surface area (Å²) in [5.74, 6) is 0. The molecular formula is C12H25NO2. The molecule has 0 aliphatic carbocycles. The van der Waals surface area contributed by atoms with Crippen LogP contribution in [0.4, 0.5) is 0 Å². The average Bonchev–Trinajstić information content (AvgIpc) is 2.44. The second-order valence-electron chi connectivity index (χ2n) is 5.30. The molecule has 0 aromatic heterocycles. The molecule has 1 aliphatic rings. The van der Waals surface area contributed by atoms with Gasteiger partial charge >= 0.3 is 0 Å². The van der Waals surface area contributed by atoms with Gasteiger partial charge < -0.3 is 10.2 Å². The van der Waals surface area contributed by atoms with Crippen LogP contribution in [-0.4, -0.2) is 47.5 Å². The van der Waals surface area contributed by atoms with Gasteiger partial charge in [0, 0.05) is 18.0 Å². The summed E-state index contributed by atoms with van der Waals surface area (Å²) < 4.78 is 0. The van der Waals surface area contributed by atoms with Gasteiger partial charge in [0.1, 0.15) is 0 Å². The van der Waals surface area contributed by atoms with Gasteiger partial charge in [-0.2, -0.15) is 0 Å². The molecule has 0 spiro atoms. The average molecular weight is 215 g/mol. The van der Waals surface area contributed by atoms with Crippen LogP contribution >= 0.6 is 0 Å². The molecule has 1 rings (SSSR count). The molecule has 0 aromatic carbocycles. The second kappa shape index (κ2) is 5.83. The monoisotopic (exact) mass is 215 g/mol. The highest BCUT2D eigenvalue weighted by molar-refractivity contribution is 4.81. The Labute approximate surface area is 93.1 Å². The van der Waals surface area contributed by atoms with E-state index in [2.05, 4.69) is 11.8 Å². The van der Waals surface area contributed by atoms with Crippen molar-refractivity contribution in [3.05, 3.63) is 0 Å². The molecule has 0 radical (unpaired) electrons. The minimum absolute atomic E-state index is 0.0622. The molecular weight excluding hydrogens is 190 g/mol. The van der Waals surface area contributed by atoms with Gasteiger partial charge in [-0.05, 0) is 26.3 Å². The molecule has 3 heteroatoms. The first kappa shape index (κ1) is 12.9. The molecule has 15 heavy (non-hydrogen) atoms. The van der Waals surface area contributed by atoms with Crippen LogP contribution in [0.3, 0.4) is 0 Å². The van der Waals surface area contributed by atoms with Gasteiger partial charge in [0.05, 0.1) is 13.2 Å². The molecule has 1 unspecified atom stereocenters. The molecule has 0 bridgehead atoms. The third kappa shape index (κ3) is 3.74. The normalized spacial score (nSPS) is 25.2. The van der Waals surface area contributed by atoms with Crippen LogP contribution < -0.4 is 0 Å². The maximum atomic E-state index is 9.29. The third-order valence-corrected chi connectivity index (χ3v) is 3.54. The zero-order valence-corrected chi connectivity index (χ0v) is 10.1. The predicted octanol–water partition coefficient (Wildman–Crippen LogP) is 1.24. The summed E-state index contributed by atoms with van der Waals surface area (Å²) in [5, 5.41) is 18.6. The van der Waals surface area contributed by atoms with Gasteiger partial charge in [0.25, 0.3) is 0 Å². The number of hydrogen-bond acceptors (Lipinski definition) is 3. The van der Waals surface area contributed by atoms with Gasteiger partial charge in [-0.3, -0.25) is 4.90 Å². The highest BCUT2D eigenvalue weighted by atomic mass is 16.3. The van der Waals surface area contributed by atoms with Gasteiger partial charge in [-0.1, -0.05) is 19.8 Å². The molecule has 3 nitrogen and oxygen atoms in total. The minimum atomic E-state index is -0.349. The molecule has 0 saturated carbocycles. The van der Waals surface area contributed by atoms with Crippen molar-refractivity contribution < 1.29 is 10.2 Å². The SMILES string of the molecule is CC1CCCCCN1CC(C)(CO)CO. The summed E-state index contributed by atoms with van der Waals surface area (Å²) in [6.45, 7) is 6.24. The van der Waals surface area contributed by atoms with E-state index in [-0.39, 0.29) is 18.6 Å². The molecule has 1 saturated heterocycles. The van der Waals surface area contributed by atoms with E-state index >= 15 is 0 Å².